The third-order valence-electron chi connectivity index (χ3n) is 1.98. The Balaban J connectivity index is 3.98. The van der Waals surface area contributed by atoms with E-state index in [-0.39, 0.29) is 4.65 Å². The Morgan fingerprint density at radius 3 is 2.00 bits per heavy atom. The zero-order chi connectivity index (χ0) is 8.91. The summed E-state index contributed by atoms with van der Waals surface area (Å²) in [6.07, 6.45) is 2.01. The quantitative estimate of drug-likeness (QED) is 0.349. The lowest BCUT2D eigenvalue weighted by molar-refractivity contribution is -0.871. The van der Waals surface area contributed by atoms with Crippen LogP contribution >= 0.6 is 0 Å². The third kappa shape index (κ3) is 4.17. The molecule has 66 valence electrons. The highest BCUT2D eigenvalue weighted by Crippen LogP contribution is 2.04. The van der Waals surface area contributed by atoms with Gasteiger partial charge in [0.2, 0.25) is 0 Å². The van der Waals surface area contributed by atoms with Crippen molar-refractivity contribution in [1.82, 2.24) is 0 Å². The zero-order valence-electron chi connectivity index (χ0n) is 8.05. The second kappa shape index (κ2) is 4.52. The first-order valence-electron chi connectivity index (χ1n) is 4.24. The molecule has 11 heavy (non-hydrogen) atoms. The van der Waals surface area contributed by atoms with Gasteiger partial charge in [-0.3, -0.25) is 0 Å². The van der Waals surface area contributed by atoms with E-state index in [1.54, 1.807) is 0 Å². The van der Waals surface area contributed by atoms with E-state index in [1.165, 1.54) is 5.57 Å². The molecule has 0 fully saturated rings. The topological polar surface area (TPSA) is 23.1 Å². The molecule has 0 rings (SSSR count). The number of rotatable bonds is 4. The highest BCUT2D eigenvalue weighted by molar-refractivity contribution is 4.92. The first-order chi connectivity index (χ1) is 5.04. The number of nitrogens with zero attached hydrogens (tertiary/aromatic N) is 1. The van der Waals surface area contributed by atoms with E-state index in [4.69, 9.17) is 0 Å². The first-order valence-corrected chi connectivity index (χ1v) is 4.24. The Morgan fingerprint density at radius 2 is 1.73 bits per heavy atom. The fraction of sp³-hybridized carbons (Fsp3) is 0.778. The van der Waals surface area contributed by atoms with Gasteiger partial charge in [0.05, 0.1) is 19.6 Å². The summed E-state index contributed by atoms with van der Waals surface area (Å²) in [5.74, 6) is 0. The Labute approximate surface area is 69.7 Å². The molecule has 0 aromatic rings. The Kier molecular flexibility index (Phi) is 4.38. The van der Waals surface area contributed by atoms with Crippen LogP contribution in [0.5, 0.6) is 0 Å². The minimum absolute atomic E-state index is 0.0921. The minimum atomic E-state index is -0.0921. The third-order valence-corrected chi connectivity index (χ3v) is 1.98. The van der Waals surface area contributed by atoms with Gasteiger partial charge in [0, 0.05) is 0 Å². The summed E-state index contributed by atoms with van der Waals surface area (Å²) in [6, 6.07) is 0. The summed E-state index contributed by atoms with van der Waals surface area (Å²) in [5, 5.41) is 11.6. The van der Waals surface area contributed by atoms with Crippen LogP contribution in [-0.2, 0) is 0 Å². The van der Waals surface area contributed by atoms with Crippen molar-refractivity contribution in [3.8, 4) is 0 Å². The van der Waals surface area contributed by atoms with Gasteiger partial charge < -0.3 is 9.85 Å². The SMILES string of the molecule is CC[N+]([O-])(CC)CC=C(C)C. The zero-order valence-corrected chi connectivity index (χ0v) is 8.05. The second-order valence-corrected chi connectivity index (χ2v) is 3.15. The van der Waals surface area contributed by atoms with Crippen LogP contribution in [0.2, 0.25) is 0 Å². The summed E-state index contributed by atoms with van der Waals surface area (Å²) in [5.41, 5.74) is 1.23. The van der Waals surface area contributed by atoms with Gasteiger partial charge in [-0.15, -0.1) is 0 Å². The van der Waals surface area contributed by atoms with Gasteiger partial charge in [-0.05, 0) is 33.8 Å². The molecule has 0 amide bonds. The standard InChI is InChI=1S/C9H19NO/c1-5-10(11,6-2)8-7-9(3)4/h7H,5-6,8H2,1-4H3. The Bertz CT molecular complexity index is 132. The average Bonchev–Trinajstić information content (AvgIpc) is 2.00. The van der Waals surface area contributed by atoms with Crippen LogP contribution in [0.4, 0.5) is 0 Å². The van der Waals surface area contributed by atoms with E-state index in [0.29, 0.717) is 19.6 Å². The monoisotopic (exact) mass is 157 g/mol. The van der Waals surface area contributed by atoms with Gasteiger partial charge in [-0.2, -0.15) is 0 Å². The van der Waals surface area contributed by atoms with E-state index < -0.39 is 0 Å². The van der Waals surface area contributed by atoms with Crippen molar-refractivity contribution in [2.45, 2.75) is 27.7 Å². The summed E-state index contributed by atoms with van der Waals surface area (Å²) in [6.45, 7) is 9.88. The van der Waals surface area contributed by atoms with Crippen LogP contribution in [0.1, 0.15) is 27.7 Å². The van der Waals surface area contributed by atoms with E-state index in [1.807, 2.05) is 33.8 Å². The number of quaternary nitrogens is 1. The highest BCUT2D eigenvalue weighted by atomic mass is 16.5. The van der Waals surface area contributed by atoms with E-state index >= 15 is 0 Å². The molecule has 0 atom stereocenters. The number of likely N-dealkylation sites (N-methyl/N-ethyl adjacent to an activating group) is 1. The lowest BCUT2D eigenvalue weighted by Crippen LogP contribution is -2.41. The van der Waals surface area contributed by atoms with Gasteiger partial charge in [-0.25, -0.2) is 0 Å². The molecule has 0 spiro atoms. The maximum atomic E-state index is 11.6. The lowest BCUT2D eigenvalue weighted by Gasteiger charge is -2.40. The Hall–Kier alpha value is -0.340. The highest BCUT2D eigenvalue weighted by Gasteiger charge is 2.07. The van der Waals surface area contributed by atoms with Crippen LogP contribution in [0.25, 0.3) is 0 Å². The van der Waals surface area contributed by atoms with Crippen molar-refractivity contribution in [1.29, 1.82) is 0 Å². The van der Waals surface area contributed by atoms with Crippen molar-refractivity contribution < 1.29 is 4.65 Å². The molecule has 2 nitrogen and oxygen atoms in total. The number of hydroxylamine groups is 3. The summed E-state index contributed by atoms with van der Waals surface area (Å²) in [4.78, 5) is 0. The molecule has 0 saturated carbocycles. The molecule has 0 N–H and O–H groups in total. The molecule has 0 radical (unpaired) electrons. The molecule has 0 saturated heterocycles. The van der Waals surface area contributed by atoms with E-state index in [2.05, 4.69) is 0 Å². The fourth-order valence-corrected chi connectivity index (χ4v) is 0.831. The van der Waals surface area contributed by atoms with Crippen LogP contribution < -0.4 is 0 Å². The smallest absolute Gasteiger partial charge is 0.0973 e. The predicted octanol–water partition coefficient (Wildman–Crippen LogP) is 2.31. The first kappa shape index (κ1) is 10.7. The molecule has 0 heterocycles. The van der Waals surface area contributed by atoms with Crippen LogP contribution in [0.15, 0.2) is 11.6 Å². The van der Waals surface area contributed by atoms with Crippen molar-refractivity contribution in [3.05, 3.63) is 16.9 Å². The largest absolute Gasteiger partial charge is 0.633 e. The number of hydrogen-bond acceptors (Lipinski definition) is 1. The second-order valence-electron chi connectivity index (χ2n) is 3.15. The summed E-state index contributed by atoms with van der Waals surface area (Å²) >= 11 is 0. The van der Waals surface area contributed by atoms with Gasteiger partial charge in [0.15, 0.2) is 0 Å². The van der Waals surface area contributed by atoms with Crippen molar-refractivity contribution >= 4 is 0 Å². The molecular weight excluding hydrogens is 138 g/mol. The van der Waals surface area contributed by atoms with Crippen LogP contribution in [0, 0.1) is 5.21 Å². The lowest BCUT2D eigenvalue weighted by atomic mass is 10.3. The summed E-state index contributed by atoms with van der Waals surface area (Å²) in [7, 11) is 0. The van der Waals surface area contributed by atoms with Gasteiger partial charge >= 0.3 is 0 Å². The molecule has 0 aromatic carbocycles. The molecule has 0 aliphatic rings. The van der Waals surface area contributed by atoms with Gasteiger partial charge in [0.25, 0.3) is 0 Å². The molecule has 0 unspecified atom stereocenters. The maximum absolute atomic E-state index is 11.6. The Morgan fingerprint density at radius 1 is 1.27 bits per heavy atom. The van der Waals surface area contributed by atoms with Crippen LogP contribution in [0.3, 0.4) is 0 Å². The van der Waals surface area contributed by atoms with Crippen LogP contribution in [-0.4, -0.2) is 24.3 Å². The number of hydrogen-bond donors (Lipinski definition) is 0. The van der Waals surface area contributed by atoms with Gasteiger partial charge in [0.1, 0.15) is 0 Å². The molecule has 0 aliphatic carbocycles. The van der Waals surface area contributed by atoms with Crippen molar-refractivity contribution in [2.75, 3.05) is 19.6 Å². The average molecular weight is 157 g/mol. The molecule has 2 heteroatoms. The van der Waals surface area contributed by atoms with E-state index in [9.17, 15) is 5.21 Å². The molecule has 0 bridgehead atoms. The normalized spacial score (nSPS) is 11.4. The summed E-state index contributed by atoms with van der Waals surface area (Å²) < 4.78 is -0.0921. The van der Waals surface area contributed by atoms with Crippen molar-refractivity contribution in [2.24, 2.45) is 0 Å². The molecular formula is C9H19NO. The van der Waals surface area contributed by atoms with E-state index in [0.717, 1.165) is 0 Å². The predicted molar refractivity (Wildman–Crippen MR) is 49.0 cm³/mol. The maximum Gasteiger partial charge on any atom is 0.0973 e. The number of allylic oxidation sites excluding steroid dienone is 1. The molecule has 0 aliphatic heterocycles. The molecule has 0 aromatic heterocycles. The minimum Gasteiger partial charge on any atom is -0.633 e. The van der Waals surface area contributed by atoms with Crippen molar-refractivity contribution in [3.63, 3.8) is 0 Å². The fourth-order valence-electron chi connectivity index (χ4n) is 0.831. The van der Waals surface area contributed by atoms with Gasteiger partial charge in [-0.1, -0.05) is 5.57 Å².